The van der Waals surface area contributed by atoms with Crippen LogP contribution in [0.4, 0.5) is 13.2 Å². The first-order valence-electron chi connectivity index (χ1n) is 13.3. The molecule has 4 N–H and O–H groups in total. The van der Waals surface area contributed by atoms with Crippen LogP contribution in [0.5, 0.6) is 0 Å². The molecule has 0 aromatic heterocycles. The van der Waals surface area contributed by atoms with Gasteiger partial charge in [0.25, 0.3) is 5.91 Å². The summed E-state index contributed by atoms with van der Waals surface area (Å²) in [7, 11) is 0. The molecule has 2 atom stereocenters. The Morgan fingerprint density at radius 2 is 1.82 bits per heavy atom. The standard InChI is InChI=1S/C29H36F3N3O4/c1-3-39-24-16-33-18-28(24,22-11-13-27(38,14-12-22)21-9-7-19(2)8-10-21)35-25(36)17-34-26(37)20-5-4-6-23(15-20)29(30,31)32/h4-10,15,22,24,33,38H,3,11-14,16-18H2,1-2H3,(H,34,37)(H,35,36)/t22?,24-,27?,28+/m0/s1. The van der Waals surface area contributed by atoms with E-state index >= 15 is 0 Å². The number of alkyl halides is 3. The fourth-order valence-corrected chi connectivity index (χ4v) is 5.91. The number of carbonyl (C=O) groups is 2. The van der Waals surface area contributed by atoms with Crippen LogP contribution in [0.25, 0.3) is 0 Å². The lowest BCUT2D eigenvalue weighted by molar-refractivity contribution is -0.137. The van der Waals surface area contributed by atoms with Crippen molar-refractivity contribution < 1.29 is 32.6 Å². The topological polar surface area (TPSA) is 99.7 Å². The Morgan fingerprint density at radius 1 is 1.13 bits per heavy atom. The quantitative estimate of drug-likeness (QED) is 0.404. The van der Waals surface area contributed by atoms with Crippen molar-refractivity contribution in [2.75, 3.05) is 26.2 Å². The smallest absolute Gasteiger partial charge is 0.385 e. The maximum atomic E-state index is 13.1. The molecule has 2 amide bonds. The van der Waals surface area contributed by atoms with Gasteiger partial charge in [0.1, 0.15) is 0 Å². The van der Waals surface area contributed by atoms with Gasteiger partial charge in [-0.1, -0.05) is 35.9 Å². The van der Waals surface area contributed by atoms with Crippen molar-refractivity contribution in [3.8, 4) is 0 Å². The molecule has 7 nitrogen and oxygen atoms in total. The third-order valence-electron chi connectivity index (χ3n) is 8.05. The van der Waals surface area contributed by atoms with E-state index in [9.17, 15) is 27.9 Å². The highest BCUT2D eigenvalue weighted by Gasteiger charge is 2.52. The molecule has 0 unspecified atom stereocenters. The number of aliphatic hydroxyl groups is 1. The van der Waals surface area contributed by atoms with E-state index in [1.807, 2.05) is 38.1 Å². The lowest BCUT2D eigenvalue weighted by Gasteiger charge is -2.47. The number of amides is 2. The molecule has 39 heavy (non-hydrogen) atoms. The number of benzene rings is 2. The maximum Gasteiger partial charge on any atom is 0.416 e. The number of aryl methyl sites for hydroxylation is 1. The van der Waals surface area contributed by atoms with Crippen molar-refractivity contribution in [1.29, 1.82) is 0 Å². The molecular weight excluding hydrogens is 511 g/mol. The number of halogens is 3. The zero-order chi connectivity index (χ0) is 28.3. The van der Waals surface area contributed by atoms with Crippen molar-refractivity contribution >= 4 is 11.8 Å². The maximum absolute atomic E-state index is 13.1. The van der Waals surface area contributed by atoms with Crippen LogP contribution in [0.2, 0.25) is 0 Å². The van der Waals surface area contributed by atoms with Crippen LogP contribution in [0.1, 0.15) is 59.7 Å². The normalized spacial score (nSPS) is 27.2. The van der Waals surface area contributed by atoms with Gasteiger partial charge in [0.05, 0.1) is 29.4 Å². The van der Waals surface area contributed by atoms with Gasteiger partial charge in [0.2, 0.25) is 5.91 Å². The van der Waals surface area contributed by atoms with Crippen LogP contribution in [-0.4, -0.2) is 54.8 Å². The Labute approximate surface area is 226 Å². The van der Waals surface area contributed by atoms with Crippen LogP contribution >= 0.6 is 0 Å². The first-order chi connectivity index (χ1) is 18.5. The van der Waals surface area contributed by atoms with Crippen LogP contribution in [0.3, 0.4) is 0 Å². The molecular formula is C29H36F3N3O4. The van der Waals surface area contributed by atoms with E-state index < -0.39 is 41.2 Å². The van der Waals surface area contributed by atoms with Crippen LogP contribution < -0.4 is 16.0 Å². The zero-order valence-electron chi connectivity index (χ0n) is 22.2. The van der Waals surface area contributed by atoms with Gasteiger partial charge in [-0.15, -0.1) is 0 Å². The van der Waals surface area contributed by atoms with Gasteiger partial charge in [-0.2, -0.15) is 13.2 Å². The Balaban J connectivity index is 1.44. The van der Waals surface area contributed by atoms with E-state index in [1.165, 1.54) is 6.07 Å². The average Bonchev–Trinajstić information content (AvgIpc) is 3.30. The largest absolute Gasteiger partial charge is 0.416 e. The first-order valence-corrected chi connectivity index (χ1v) is 13.3. The molecule has 2 aromatic carbocycles. The number of rotatable bonds is 8. The summed E-state index contributed by atoms with van der Waals surface area (Å²) in [5.74, 6) is -1.21. The molecule has 1 heterocycles. The lowest BCUT2D eigenvalue weighted by atomic mass is 9.67. The number of hydrogen-bond donors (Lipinski definition) is 4. The van der Waals surface area contributed by atoms with Gasteiger partial charge in [-0.3, -0.25) is 9.59 Å². The summed E-state index contributed by atoms with van der Waals surface area (Å²) < 4.78 is 45.1. The predicted molar refractivity (Wildman–Crippen MR) is 140 cm³/mol. The number of nitrogens with one attached hydrogen (secondary N) is 3. The van der Waals surface area contributed by atoms with Crippen molar-refractivity contribution in [2.24, 2.45) is 5.92 Å². The second-order valence-electron chi connectivity index (χ2n) is 10.6. The average molecular weight is 548 g/mol. The minimum Gasteiger partial charge on any atom is -0.385 e. The molecule has 2 fully saturated rings. The van der Waals surface area contributed by atoms with Crippen LogP contribution in [-0.2, 0) is 21.3 Å². The summed E-state index contributed by atoms with van der Waals surface area (Å²) in [5, 5.41) is 20.3. The third kappa shape index (κ3) is 6.45. The lowest BCUT2D eigenvalue weighted by Crippen LogP contribution is -2.64. The summed E-state index contributed by atoms with van der Waals surface area (Å²) in [4.78, 5) is 25.6. The summed E-state index contributed by atoms with van der Waals surface area (Å²) >= 11 is 0. The minimum atomic E-state index is -4.57. The minimum absolute atomic E-state index is 0.0119. The monoisotopic (exact) mass is 547 g/mol. The van der Waals surface area contributed by atoms with Crippen LogP contribution in [0, 0.1) is 12.8 Å². The fraction of sp³-hybridized carbons (Fsp3) is 0.517. The molecule has 1 saturated heterocycles. The summed E-state index contributed by atoms with van der Waals surface area (Å²) in [6, 6.07) is 12.0. The molecule has 10 heteroatoms. The number of hydrogen-bond acceptors (Lipinski definition) is 5. The van der Waals surface area contributed by atoms with E-state index in [0.29, 0.717) is 45.4 Å². The summed E-state index contributed by atoms with van der Waals surface area (Å²) in [6.07, 6.45) is -2.50. The summed E-state index contributed by atoms with van der Waals surface area (Å²) in [5.41, 5.74) is -0.797. The van der Waals surface area contributed by atoms with Gasteiger partial charge < -0.3 is 25.8 Å². The second-order valence-corrected chi connectivity index (χ2v) is 10.6. The molecule has 4 rings (SSSR count). The number of carbonyl (C=O) groups excluding carboxylic acids is 2. The van der Waals surface area contributed by atoms with Crippen molar-refractivity contribution in [1.82, 2.24) is 16.0 Å². The van der Waals surface area contributed by atoms with E-state index in [2.05, 4.69) is 16.0 Å². The van der Waals surface area contributed by atoms with E-state index in [4.69, 9.17) is 4.74 Å². The second kappa shape index (κ2) is 11.7. The van der Waals surface area contributed by atoms with Crippen molar-refractivity contribution in [3.63, 3.8) is 0 Å². The summed E-state index contributed by atoms with van der Waals surface area (Å²) in [6.45, 7) is 4.96. The first kappa shape index (κ1) is 29.0. The molecule has 212 valence electrons. The van der Waals surface area contributed by atoms with E-state index in [1.54, 1.807) is 0 Å². The molecule has 1 aliphatic carbocycles. The Bertz CT molecular complexity index is 1160. The van der Waals surface area contributed by atoms with Gasteiger partial charge >= 0.3 is 6.18 Å². The van der Waals surface area contributed by atoms with Gasteiger partial charge in [-0.05, 0) is 69.2 Å². The highest BCUT2D eigenvalue weighted by atomic mass is 19.4. The number of ether oxygens (including phenoxy) is 1. The van der Waals surface area contributed by atoms with E-state index in [0.717, 1.165) is 29.3 Å². The highest BCUT2D eigenvalue weighted by molar-refractivity contribution is 5.96. The van der Waals surface area contributed by atoms with Crippen molar-refractivity contribution in [3.05, 3.63) is 70.8 Å². The van der Waals surface area contributed by atoms with Crippen molar-refractivity contribution in [2.45, 2.75) is 63.0 Å². The third-order valence-corrected chi connectivity index (χ3v) is 8.05. The van der Waals surface area contributed by atoms with Gasteiger partial charge in [0.15, 0.2) is 0 Å². The molecule has 1 saturated carbocycles. The molecule has 2 aliphatic rings. The van der Waals surface area contributed by atoms with Gasteiger partial charge in [0, 0.05) is 25.3 Å². The molecule has 0 radical (unpaired) electrons. The molecule has 0 bridgehead atoms. The Hall–Kier alpha value is -2.95. The Morgan fingerprint density at radius 3 is 2.46 bits per heavy atom. The molecule has 1 aliphatic heterocycles. The van der Waals surface area contributed by atoms with Crippen LogP contribution in [0.15, 0.2) is 48.5 Å². The fourth-order valence-electron chi connectivity index (χ4n) is 5.91. The highest BCUT2D eigenvalue weighted by Crippen LogP contribution is 2.45. The van der Waals surface area contributed by atoms with E-state index in [-0.39, 0.29) is 17.6 Å². The molecule has 0 spiro atoms. The zero-order valence-corrected chi connectivity index (χ0v) is 22.2. The Kier molecular flexibility index (Phi) is 8.68. The molecule has 2 aromatic rings. The SMILES string of the molecule is CCO[C@H]1CNC[C@@]1(NC(=O)CNC(=O)c1cccc(C(F)(F)F)c1)C1CCC(O)(c2ccc(C)cc2)CC1. The van der Waals surface area contributed by atoms with Gasteiger partial charge in [-0.25, -0.2) is 0 Å². The predicted octanol–water partition coefficient (Wildman–Crippen LogP) is 3.68.